The molecular weight excluding hydrogens is 214 g/mol. The standard InChI is InChI=1S/C14H15NO2/c1-10-6-11(2)8-13(7-10)17-14-5-3-4-12(9-16)15-14/h3-8,16H,9H2,1-2H3. The molecule has 0 saturated heterocycles. The van der Waals surface area contributed by atoms with Crippen LogP contribution in [0.5, 0.6) is 11.6 Å². The van der Waals surface area contributed by atoms with Crippen LogP contribution in [0.3, 0.4) is 0 Å². The van der Waals surface area contributed by atoms with Crippen molar-refractivity contribution in [2.75, 3.05) is 0 Å². The van der Waals surface area contributed by atoms with Gasteiger partial charge in [-0.1, -0.05) is 12.1 Å². The van der Waals surface area contributed by atoms with Gasteiger partial charge in [0.15, 0.2) is 0 Å². The maximum absolute atomic E-state index is 9.00. The van der Waals surface area contributed by atoms with Gasteiger partial charge in [-0.2, -0.15) is 0 Å². The summed E-state index contributed by atoms with van der Waals surface area (Å²) in [6.07, 6.45) is 0. The summed E-state index contributed by atoms with van der Waals surface area (Å²) in [5, 5.41) is 9.00. The van der Waals surface area contributed by atoms with Gasteiger partial charge >= 0.3 is 0 Å². The molecule has 0 radical (unpaired) electrons. The molecule has 0 fully saturated rings. The number of aromatic nitrogens is 1. The minimum atomic E-state index is -0.0793. The quantitative estimate of drug-likeness (QED) is 0.879. The molecule has 17 heavy (non-hydrogen) atoms. The minimum Gasteiger partial charge on any atom is -0.439 e. The molecule has 88 valence electrons. The van der Waals surface area contributed by atoms with Gasteiger partial charge in [0.05, 0.1) is 12.3 Å². The zero-order chi connectivity index (χ0) is 12.3. The van der Waals surface area contributed by atoms with Crippen molar-refractivity contribution in [3.63, 3.8) is 0 Å². The second-order valence-electron chi connectivity index (χ2n) is 4.05. The van der Waals surface area contributed by atoms with Gasteiger partial charge in [-0.05, 0) is 43.2 Å². The van der Waals surface area contributed by atoms with Gasteiger partial charge < -0.3 is 9.84 Å². The van der Waals surface area contributed by atoms with E-state index in [2.05, 4.69) is 11.1 Å². The third-order valence-electron chi connectivity index (χ3n) is 2.36. The summed E-state index contributed by atoms with van der Waals surface area (Å²) in [6, 6.07) is 11.4. The van der Waals surface area contributed by atoms with Crippen molar-refractivity contribution in [1.82, 2.24) is 4.98 Å². The second kappa shape index (κ2) is 4.97. The summed E-state index contributed by atoms with van der Waals surface area (Å²) in [5.74, 6) is 1.27. The highest BCUT2D eigenvalue weighted by Crippen LogP contribution is 2.22. The van der Waals surface area contributed by atoms with E-state index in [4.69, 9.17) is 9.84 Å². The number of aliphatic hydroxyl groups is 1. The van der Waals surface area contributed by atoms with E-state index in [9.17, 15) is 0 Å². The molecule has 0 bridgehead atoms. The van der Waals surface area contributed by atoms with Crippen LogP contribution in [0, 0.1) is 13.8 Å². The normalized spacial score (nSPS) is 10.3. The van der Waals surface area contributed by atoms with E-state index in [1.54, 1.807) is 12.1 Å². The van der Waals surface area contributed by atoms with Crippen molar-refractivity contribution in [3.05, 3.63) is 53.2 Å². The van der Waals surface area contributed by atoms with Crippen molar-refractivity contribution in [3.8, 4) is 11.6 Å². The van der Waals surface area contributed by atoms with Crippen LogP contribution in [0.25, 0.3) is 0 Å². The lowest BCUT2D eigenvalue weighted by Crippen LogP contribution is -1.93. The van der Waals surface area contributed by atoms with E-state index < -0.39 is 0 Å². The topological polar surface area (TPSA) is 42.4 Å². The first-order valence-electron chi connectivity index (χ1n) is 5.50. The van der Waals surface area contributed by atoms with Gasteiger partial charge in [-0.25, -0.2) is 4.98 Å². The summed E-state index contributed by atoms with van der Waals surface area (Å²) in [4.78, 5) is 4.17. The first-order valence-corrected chi connectivity index (χ1v) is 5.50. The van der Waals surface area contributed by atoms with Crippen LogP contribution in [-0.2, 0) is 6.61 Å². The van der Waals surface area contributed by atoms with Crippen molar-refractivity contribution in [2.45, 2.75) is 20.5 Å². The maximum Gasteiger partial charge on any atom is 0.219 e. The highest BCUT2D eigenvalue weighted by Gasteiger charge is 2.01. The van der Waals surface area contributed by atoms with Crippen LogP contribution >= 0.6 is 0 Å². The fourth-order valence-corrected chi connectivity index (χ4v) is 1.72. The summed E-state index contributed by atoms with van der Waals surface area (Å²) >= 11 is 0. The molecule has 1 aromatic heterocycles. The number of aliphatic hydroxyl groups excluding tert-OH is 1. The third kappa shape index (κ3) is 3.04. The maximum atomic E-state index is 9.00. The molecule has 2 rings (SSSR count). The summed E-state index contributed by atoms with van der Waals surface area (Å²) in [7, 11) is 0. The van der Waals surface area contributed by atoms with Gasteiger partial charge in [-0.3, -0.25) is 0 Å². The van der Waals surface area contributed by atoms with Crippen LogP contribution in [-0.4, -0.2) is 10.1 Å². The Bertz CT molecular complexity index is 503. The number of pyridine rings is 1. The number of ether oxygens (including phenoxy) is 1. The SMILES string of the molecule is Cc1cc(C)cc(Oc2cccc(CO)n2)c1. The molecule has 0 spiro atoms. The van der Waals surface area contributed by atoms with Crippen LogP contribution in [0.1, 0.15) is 16.8 Å². The molecule has 3 nitrogen and oxygen atoms in total. The Kier molecular flexibility index (Phi) is 3.40. The van der Waals surface area contributed by atoms with Crippen molar-refractivity contribution in [2.24, 2.45) is 0 Å². The molecule has 1 aromatic carbocycles. The molecule has 0 aliphatic heterocycles. The predicted molar refractivity (Wildman–Crippen MR) is 66.1 cm³/mol. The molecule has 0 amide bonds. The van der Waals surface area contributed by atoms with Crippen molar-refractivity contribution < 1.29 is 9.84 Å². The monoisotopic (exact) mass is 229 g/mol. The first-order chi connectivity index (χ1) is 8.17. The Morgan fingerprint density at radius 1 is 1.12 bits per heavy atom. The van der Waals surface area contributed by atoms with E-state index >= 15 is 0 Å². The van der Waals surface area contributed by atoms with Crippen LogP contribution in [0.2, 0.25) is 0 Å². The smallest absolute Gasteiger partial charge is 0.219 e. The number of nitrogens with zero attached hydrogens (tertiary/aromatic N) is 1. The average Bonchev–Trinajstić information content (AvgIpc) is 2.28. The molecule has 0 atom stereocenters. The van der Waals surface area contributed by atoms with E-state index in [-0.39, 0.29) is 6.61 Å². The molecule has 0 aliphatic rings. The van der Waals surface area contributed by atoms with Gasteiger partial charge in [0.1, 0.15) is 5.75 Å². The lowest BCUT2D eigenvalue weighted by atomic mass is 10.1. The summed E-state index contributed by atoms with van der Waals surface area (Å²) < 4.78 is 5.66. The lowest BCUT2D eigenvalue weighted by molar-refractivity contribution is 0.275. The van der Waals surface area contributed by atoms with Crippen LogP contribution in [0.4, 0.5) is 0 Å². The largest absolute Gasteiger partial charge is 0.439 e. The first kappa shape index (κ1) is 11.6. The highest BCUT2D eigenvalue weighted by molar-refractivity contribution is 5.35. The lowest BCUT2D eigenvalue weighted by Gasteiger charge is -2.07. The minimum absolute atomic E-state index is 0.0793. The Morgan fingerprint density at radius 3 is 2.47 bits per heavy atom. The van der Waals surface area contributed by atoms with E-state index in [0.717, 1.165) is 16.9 Å². The van der Waals surface area contributed by atoms with Crippen molar-refractivity contribution in [1.29, 1.82) is 0 Å². The van der Waals surface area contributed by atoms with Gasteiger partial charge in [0, 0.05) is 6.07 Å². The molecule has 3 heteroatoms. The number of hydrogen-bond donors (Lipinski definition) is 1. The second-order valence-corrected chi connectivity index (χ2v) is 4.05. The molecule has 0 saturated carbocycles. The fourth-order valence-electron chi connectivity index (χ4n) is 1.72. The zero-order valence-electron chi connectivity index (χ0n) is 9.97. The van der Waals surface area contributed by atoms with E-state index in [1.807, 2.05) is 32.0 Å². The predicted octanol–water partition coefficient (Wildman–Crippen LogP) is 2.98. The fraction of sp³-hybridized carbons (Fsp3) is 0.214. The van der Waals surface area contributed by atoms with Gasteiger partial charge in [0.2, 0.25) is 5.88 Å². The Morgan fingerprint density at radius 2 is 1.82 bits per heavy atom. The Balaban J connectivity index is 2.24. The highest BCUT2D eigenvalue weighted by atomic mass is 16.5. The molecule has 2 aromatic rings. The average molecular weight is 229 g/mol. The van der Waals surface area contributed by atoms with E-state index in [1.165, 1.54) is 0 Å². The van der Waals surface area contributed by atoms with Crippen LogP contribution < -0.4 is 4.74 Å². The number of aryl methyl sites for hydroxylation is 2. The molecular formula is C14H15NO2. The van der Waals surface area contributed by atoms with Gasteiger partial charge in [0.25, 0.3) is 0 Å². The summed E-state index contributed by atoms with van der Waals surface area (Å²) in [6.45, 7) is 3.97. The van der Waals surface area contributed by atoms with E-state index in [0.29, 0.717) is 11.6 Å². The number of benzene rings is 1. The summed E-state index contributed by atoms with van der Waals surface area (Å²) in [5.41, 5.74) is 2.91. The number of rotatable bonds is 3. The Labute approximate surface area is 101 Å². The van der Waals surface area contributed by atoms with Crippen LogP contribution in [0.15, 0.2) is 36.4 Å². The van der Waals surface area contributed by atoms with Crippen molar-refractivity contribution >= 4 is 0 Å². The number of hydrogen-bond acceptors (Lipinski definition) is 3. The molecule has 1 N–H and O–H groups in total. The third-order valence-corrected chi connectivity index (χ3v) is 2.36. The Hall–Kier alpha value is -1.87. The molecule has 0 unspecified atom stereocenters. The zero-order valence-corrected chi connectivity index (χ0v) is 9.97. The van der Waals surface area contributed by atoms with Gasteiger partial charge in [-0.15, -0.1) is 0 Å². The molecule has 1 heterocycles. The molecule has 0 aliphatic carbocycles.